The molecule has 2 heteroatoms. The van der Waals surface area contributed by atoms with Crippen LogP contribution in [0.3, 0.4) is 0 Å². The Morgan fingerprint density at radius 1 is 1.10 bits per heavy atom. The molecule has 0 aliphatic heterocycles. The second-order valence-electron chi connectivity index (χ2n) is 5.52. The molecule has 0 heterocycles. The molecular formula is C19H31NO. The van der Waals surface area contributed by atoms with Crippen LogP contribution >= 0.6 is 0 Å². The van der Waals surface area contributed by atoms with Crippen molar-refractivity contribution in [3.05, 3.63) is 35.4 Å². The van der Waals surface area contributed by atoms with E-state index in [0.29, 0.717) is 0 Å². The summed E-state index contributed by atoms with van der Waals surface area (Å²) < 4.78 is 5.54. The third-order valence-electron chi connectivity index (χ3n) is 3.83. The topological polar surface area (TPSA) is 21.6 Å². The van der Waals surface area contributed by atoms with Gasteiger partial charge in [0.2, 0.25) is 0 Å². The summed E-state index contributed by atoms with van der Waals surface area (Å²) in [6.45, 7) is 6.63. The Bertz CT molecular complexity index is 425. The lowest BCUT2D eigenvalue weighted by molar-refractivity contribution is 0.102. The van der Waals surface area contributed by atoms with Gasteiger partial charge in [0, 0.05) is 12.8 Å². The van der Waals surface area contributed by atoms with Crippen LogP contribution in [0, 0.1) is 0 Å². The van der Waals surface area contributed by atoms with Gasteiger partial charge in [0.1, 0.15) is 6.23 Å². The number of aryl methyl sites for hydroxylation is 1. The third kappa shape index (κ3) is 6.01. The van der Waals surface area contributed by atoms with Gasteiger partial charge in [0.25, 0.3) is 0 Å². The monoisotopic (exact) mass is 289 g/mol. The van der Waals surface area contributed by atoms with E-state index < -0.39 is 0 Å². The highest BCUT2D eigenvalue weighted by Gasteiger charge is 2.11. The van der Waals surface area contributed by atoms with Gasteiger partial charge in [-0.1, -0.05) is 64.3 Å². The first kappa shape index (κ1) is 17.9. The summed E-state index contributed by atoms with van der Waals surface area (Å²) >= 11 is 0. The lowest BCUT2D eigenvalue weighted by Gasteiger charge is -2.16. The molecule has 0 bridgehead atoms. The molecule has 118 valence electrons. The minimum atomic E-state index is -0.00320. The fourth-order valence-corrected chi connectivity index (χ4v) is 2.58. The van der Waals surface area contributed by atoms with Crippen molar-refractivity contribution in [2.24, 2.45) is 4.99 Å². The molecule has 21 heavy (non-hydrogen) atoms. The molecule has 0 saturated carbocycles. The number of hydrogen-bond acceptors (Lipinski definition) is 2. The number of aliphatic imine (C=N–C) groups is 1. The predicted molar refractivity (Wildman–Crippen MR) is 92.2 cm³/mol. The Kier molecular flexibility index (Phi) is 9.00. The van der Waals surface area contributed by atoms with Crippen LogP contribution in [0.2, 0.25) is 0 Å². The SMILES string of the molecule is CCCCC/C(=N\C(CCC)OC)c1ccccc1CC. The molecule has 1 unspecified atom stereocenters. The van der Waals surface area contributed by atoms with Gasteiger partial charge in [-0.25, -0.2) is 0 Å². The van der Waals surface area contributed by atoms with E-state index in [4.69, 9.17) is 9.73 Å². The lowest BCUT2D eigenvalue weighted by Crippen LogP contribution is -2.13. The van der Waals surface area contributed by atoms with E-state index in [1.807, 2.05) is 0 Å². The molecule has 0 aromatic heterocycles. The average molecular weight is 289 g/mol. The van der Waals surface area contributed by atoms with E-state index in [9.17, 15) is 0 Å². The minimum Gasteiger partial charge on any atom is -0.360 e. The van der Waals surface area contributed by atoms with E-state index in [1.165, 1.54) is 36.1 Å². The molecule has 1 aromatic carbocycles. The van der Waals surface area contributed by atoms with Gasteiger partial charge in [0.05, 0.1) is 0 Å². The Balaban J connectivity index is 3.02. The van der Waals surface area contributed by atoms with Crippen LogP contribution in [-0.2, 0) is 11.2 Å². The smallest absolute Gasteiger partial charge is 0.148 e. The quantitative estimate of drug-likeness (QED) is 0.418. The minimum absolute atomic E-state index is 0.00320. The van der Waals surface area contributed by atoms with Crippen LogP contribution in [0.5, 0.6) is 0 Å². The van der Waals surface area contributed by atoms with Gasteiger partial charge in [-0.3, -0.25) is 4.99 Å². The first-order valence-electron chi connectivity index (χ1n) is 8.44. The first-order valence-corrected chi connectivity index (χ1v) is 8.44. The van der Waals surface area contributed by atoms with Gasteiger partial charge in [-0.2, -0.15) is 0 Å². The first-order chi connectivity index (χ1) is 10.3. The summed E-state index contributed by atoms with van der Waals surface area (Å²) in [7, 11) is 1.76. The second-order valence-corrected chi connectivity index (χ2v) is 5.52. The summed E-state index contributed by atoms with van der Waals surface area (Å²) in [5.41, 5.74) is 3.93. The maximum Gasteiger partial charge on any atom is 0.148 e. The summed E-state index contributed by atoms with van der Waals surface area (Å²) in [6, 6.07) is 8.66. The molecule has 1 atom stereocenters. The molecule has 0 N–H and O–H groups in total. The molecule has 1 rings (SSSR count). The normalized spacial score (nSPS) is 13.4. The van der Waals surface area contributed by atoms with Crippen LogP contribution in [-0.4, -0.2) is 19.0 Å². The summed E-state index contributed by atoms with van der Waals surface area (Å²) in [4.78, 5) is 4.93. The largest absolute Gasteiger partial charge is 0.360 e. The van der Waals surface area contributed by atoms with E-state index in [1.54, 1.807) is 7.11 Å². The van der Waals surface area contributed by atoms with Crippen LogP contribution in [0.4, 0.5) is 0 Å². The number of rotatable bonds is 10. The van der Waals surface area contributed by atoms with Gasteiger partial charge in [-0.05, 0) is 36.8 Å². The zero-order chi connectivity index (χ0) is 15.5. The predicted octanol–water partition coefficient (Wildman–Crippen LogP) is 5.39. The number of ether oxygens (including phenoxy) is 1. The van der Waals surface area contributed by atoms with Crippen molar-refractivity contribution in [1.29, 1.82) is 0 Å². The zero-order valence-corrected chi connectivity index (χ0v) is 14.2. The molecule has 2 nitrogen and oxygen atoms in total. The summed E-state index contributed by atoms with van der Waals surface area (Å²) in [5.74, 6) is 0. The summed E-state index contributed by atoms with van der Waals surface area (Å²) in [6.07, 6.45) is 7.89. The fraction of sp³-hybridized carbons (Fsp3) is 0.632. The molecular weight excluding hydrogens is 258 g/mol. The standard InChI is InChI=1S/C19H31NO/c1-5-8-9-15-18(20-19(21-4)12-6-2)17-14-11-10-13-16(17)7-3/h10-11,13-14,19H,5-9,12,15H2,1-4H3/b20-18+. The van der Waals surface area contributed by atoms with Crippen LogP contribution in [0.1, 0.15) is 70.4 Å². The van der Waals surface area contributed by atoms with E-state index >= 15 is 0 Å². The number of hydrogen-bond donors (Lipinski definition) is 0. The Labute approximate surface area is 130 Å². The molecule has 0 aliphatic rings. The van der Waals surface area contributed by atoms with E-state index in [-0.39, 0.29) is 6.23 Å². The van der Waals surface area contributed by atoms with Crippen molar-refractivity contribution in [3.8, 4) is 0 Å². The van der Waals surface area contributed by atoms with Crippen molar-refractivity contribution >= 4 is 5.71 Å². The second kappa shape index (κ2) is 10.6. The van der Waals surface area contributed by atoms with Crippen molar-refractivity contribution in [1.82, 2.24) is 0 Å². The Hall–Kier alpha value is -1.15. The number of unbranched alkanes of at least 4 members (excludes halogenated alkanes) is 2. The number of benzene rings is 1. The highest BCUT2D eigenvalue weighted by molar-refractivity contribution is 6.01. The third-order valence-corrected chi connectivity index (χ3v) is 3.83. The Morgan fingerprint density at radius 2 is 1.86 bits per heavy atom. The summed E-state index contributed by atoms with van der Waals surface area (Å²) in [5, 5.41) is 0. The highest BCUT2D eigenvalue weighted by atomic mass is 16.5. The van der Waals surface area contributed by atoms with Crippen molar-refractivity contribution < 1.29 is 4.74 Å². The van der Waals surface area contributed by atoms with Crippen molar-refractivity contribution in [3.63, 3.8) is 0 Å². The van der Waals surface area contributed by atoms with Crippen molar-refractivity contribution in [2.45, 2.75) is 71.9 Å². The number of methoxy groups -OCH3 is 1. The number of nitrogens with zero attached hydrogens (tertiary/aromatic N) is 1. The molecule has 0 spiro atoms. The van der Waals surface area contributed by atoms with E-state index in [0.717, 1.165) is 25.7 Å². The average Bonchev–Trinajstić information content (AvgIpc) is 2.53. The molecule has 0 radical (unpaired) electrons. The Morgan fingerprint density at radius 3 is 2.48 bits per heavy atom. The molecule has 1 aromatic rings. The zero-order valence-electron chi connectivity index (χ0n) is 14.2. The fourth-order valence-electron chi connectivity index (χ4n) is 2.58. The van der Waals surface area contributed by atoms with Gasteiger partial charge >= 0.3 is 0 Å². The van der Waals surface area contributed by atoms with E-state index in [2.05, 4.69) is 45.0 Å². The van der Waals surface area contributed by atoms with Crippen LogP contribution in [0.25, 0.3) is 0 Å². The molecule has 0 fully saturated rings. The lowest BCUT2D eigenvalue weighted by atomic mass is 9.97. The molecule has 0 saturated heterocycles. The maximum absolute atomic E-state index is 5.54. The van der Waals surface area contributed by atoms with Crippen LogP contribution < -0.4 is 0 Å². The molecule has 0 aliphatic carbocycles. The van der Waals surface area contributed by atoms with Gasteiger partial charge in [0.15, 0.2) is 0 Å². The van der Waals surface area contributed by atoms with Crippen molar-refractivity contribution in [2.75, 3.05) is 7.11 Å². The highest BCUT2D eigenvalue weighted by Crippen LogP contribution is 2.17. The maximum atomic E-state index is 5.54. The van der Waals surface area contributed by atoms with Crippen LogP contribution in [0.15, 0.2) is 29.3 Å². The van der Waals surface area contributed by atoms with Gasteiger partial charge in [-0.15, -0.1) is 0 Å². The van der Waals surface area contributed by atoms with Gasteiger partial charge < -0.3 is 4.74 Å². The molecule has 0 amide bonds.